The van der Waals surface area contributed by atoms with Crippen molar-refractivity contribution in [3.8, 4) is 11.3 Å². The van der Waals surface area contributed by atoms with Gasteiger partial charge in [0.1, 0.15) is 5.60 Å². The molecule has 0 aliphatic carbocycles. The lowest BCUT2D eigenvalue weighted by Crippen LogP contribution is -2.29. The minimum atomic E-state index is -0.502. The van der Waals surface area contributed by atoms with Crippen LogP contribution in [0.5, 0.6) is 0 Å². The van der Waals surface area contributed by atoms with Crippen molar-refractivity contribution in [2.24, 2.45) is 0 Å². The van der Waals surface area contributed by atoms with E-state index in [0.29, 0.717) is 18.5 Å². The van der Waals surface area contributed by atoms with Crippen LogP contribution >= 0.6 is 0 Å². The lowest BCUT2D eigenvalue weighted by molar-refractivity contribution is -0.154. The van der Waals surface area contributed by atoms with E-state index in [0.717, 1.165) is 22.2 Å². The number of hydrogen-bond acceptors (Lipinski definition) is 5. The number of esters is 1. The number of aromatic nitrogens is 2. The lowest BCUT2D eigenvalue weighted by Gasteiger charge is -2.21. The Morgan fingerprint density at radius 3 is 2.47 bits per heavy atom. The molecule has 0 unspecified atom stereocenters. The van der Waals surface area contributed by atoms with Crippen LogP contribution < -0.4 is 0 Å². The summed E-state index contributed by atoms with van der Waals surface area (Å²) in [6.07, 6.45) is 4.22. The molecule has 156 valence electrons. The monoisotopic (exact) mass is 405 g/mol. The van der Waals surface area contributed by atoms with Gasteiger partial charge in [0.15, 0.2) is 0 Å². The Hall–Kier alpha value is -3.28. The highest BCUT2D eigenvalue weighted by atomic mass is 16.6. The number of carbonyl (C=O) groups is 2. The van der Waals surface area contributed by atoms with E-state index in [-0.39, 0.29) is 18.3 Å². The number of fused-ring (bicyclic) bond motifs is 1. The molecule has 0 atom stereocenters. The average Bonchev–Trinajstić information content (AvgIpc) is 2.71. The molecule has 0 fully saturated rings. The summed E-state index contributed by atoms with van der Waals surface area (Å²) in [7, 11) is 1.75. The summed E-state index contributed by atoms with van der Waals surface area (Å²) in [4.78, 5) is 35.5. The van der Waals surface area contributed by atoms with E-state index in [2.05, 4.69) is 4.98 Å². The van der Waals surface area contributed by atoms with E-state index in [1.165, 1.54) is 0 Å². The summed E-state index contributed by atoms with van der Waals surface area (Å²) in [5.74, 6) is -0.356. The molecule has 0 radical (unpaired) electrons. The van der Waals surface area contributed by atoms with Gasteiger partial charge in [-0.3, -0.25) is 14.6 Å². The first kappa shape index (κ1) is 21.4. The minimum absolute atomic E-state index is 0.104. The molecule has 6 heteroatoms. The Kier molecular flexibility index (Phi) is 6.45. The maximum absolute atomic E-state index is 13.2. The standard InChI is InChI=1S/C24H27N3O3/c1-24(2,3)30-22(28)10-7-15-27(4)23(29)19-16-21(17-11-13-25-14-12-17)26-20-9-6-5-8-18(19)20/h5-6,8-9,11-14,16H,7,10,15H2,1-4H3. The topological polar surface area (TPSA) is 72.4 Å². The third-order valence-electron chi connectivity index (χ3n) is 4.56. The molecule has 3 aromatic rings. The van der Waals surface area contributed by atoms with E-state index in [9.17, 15) is 9.59 Å². The minimum Gasteiger partial charge on any atom is -0.460 e. The van der Waals surface area contributed by atoms with E-state index >= 15 is 0 Å². The third-order valence-corrected chi connectivity index (χ3v) is 4.56. The number of pyridine rings is 2. The van der Waals surface area contributed by atoms with Crippen LogP contribution in [-0.4, -0.2) is 45.9 Å². The quantitative estimate of drug-likeness (QED) is 0.565. The lowest BCUT2D eigenvalue weighted by atomic mass is 10.0. The number of hydrogen-bond donors (Lipinski definition) is 0. The van der Waals surface area contributed by atoms with Gasteiger partial charge in [0, 0.05) is 43.4 Å². The Labute approximate surface area is 176 Å². The highest BCUT2D eigenvalue weighted by molar-refractivity contribution is 6.07. The highest BCUT2D eigenvalue weighted by Crippen LogP contribution is 2.25. The smallest absolute Gasteiger partial charge is 0.306 e. The van der Waals surface area contributed by atoms with Crippen LogP contribution in [0.4, 0.5) is 0 Å². The van der Waals surface area contributed by atoms with Gasteiger partial charge in [-0.15, -0.1) is 0 Å². The van der Waals surface area contributed by atoms with Gasteiger partial charge in [-0.1, -0.05) is 18.2 Å². The van der Waals surface area contributed by atoms with Crippen LogP contribution in [0.3, 0.4) is 0 Å². The molecule has 0 aliphatic rings. The summed E-state index contributed by atoms with van der Waals surface area (Å²) < 4.78 is 5.33. The van der Waals surface area contributed by atoms with Crippen molar-refractivity contribution in [2.75, 3.05) is 13.6 Å². The zero-order valence-corrected chi connectivity index (χ0v) is 17.9. The van der Waals surface area contributed by atoms with E-state index < -0.39 is 5.60 Å². The number of para-hydroxylation sites is 1. The normalized spacial score (nSPS) is 11.3. The van der Waals surface area contributed by atoms with E-state index in [1.807, 2.05) is 63.2 Å². The second-order valence-corrected chi connectivity index (χ2v) is 8.22. The molecule has 30 heavy (non-hydrogen) atoms. The number of carbonyl (C=O) groups excluding carboxylic acids is 2. The number of ether oxygens (including phenoxy) is 1. The van der Waals surface area contributed by atoms with Crippen molar-refractivity contribution >= 4 is 22.8 Å². The SMILES string of the molecule is CN(CCCC(=O)OC(C)(C)C)C(=O)c1cc(-c2ccncc2)nc2ccccc12. The fraction of sp³-hybridized carbons (Fsp3) is 0.333. The van der Waals surface area contributed by atoms with Crippen molar-refractivity contribution in [1.29, 1.82) is 0 Å². The number of rotatable bonds is 6. The second kappa shape index (κ2) is 9.03. The first-order valence-electron chi connectivity index (χ1n) is 10.0. The van der Waals surface area contributed by atoms with Gasteiger partial charge in [0.2, 0.25) is 0 Å². The molecular weight excluding hydrogens is 378 g/mol. The largest absolute Gasteiger partial charge is 0.460 e. The van der Waals surface area contributed by atoms with Gasteiger partial charge in [0.25, 0.3) is 5.91 Å². The van der Waals surface area contributed by atoms with Gasteiger partial charge >= 0.3 is 5.97 Å². The van der Waals surface area contributed by atoms with Crippen LogP contribution in [0.15, 0.2) is 54.9 Å². The molecule has 3 rings (SSSR count). The van der Waals surface area contributed by atoms with Gasteiger partial charge in [0.05, 0.1) is 16.8 Å². The summed E-state index contributed by atoms with van der Waals surface area (Å²) in [5, 5.41) is 0.805. The molecular formula is C24H27N3O3. The molecule has 1 amide bonds. The second-order valence-electron chi connectivity index (χ2n) is 8.22. The van der Waals surface area contributed by atoms with Crippen LogP contribution in [-0.2, 0) is 9.53 Å². The molecule has 0 saturated carbocycles. The van der Waals surface area contributed by atoms with Crippen molar-refractivity contribution in [2.45, 2.75) is 39.2 Å². The van der Waals surface area contributed by atoms with Gasteiger partial charge in [-0.05, 0) is 51.5 Å². The van der Waals surface area contributed by atoms with Gasteiger partial charge < -0.3 is 9.64 Å². The maximum Gasteiger partial charge on any atom is 0.306 e. The molecule has 0 spiro atoms. The fourth-order valence-electron chi connectivity index (χ4n) is 3.18. The molecule has 0 aliphatic heterocycles. The third kappa shape index (κ3) is 5.41. The molecule has 0 N–H and O–H groups in total. The van der Waals surface area contributed by atoms with Gasteiger partial charge in [-0.2, -0.15) is 0 Å². The Morgan fingerprint density at radius 2 is 1.77 bits per heavy atom. The van der Waals surface area contributed by atoms with Crippen molar-refractivity contribution in [3.05, 3.63) is 60.4 Å². The first-order chi connectivity index (χ1) is 14.2. The van der Waals surface area contributed by atoms with Crippen LogP contribution in [0.25, 0.3) is 22.2 Å². The molecule has 2 heterocycles. The number of amides is 1. The summed E-state index contributed by atoms with van der Waals surface area (Å²) >= 11 is 0. The molecule has 1 aromatic carbocycles. The summed E-state index contributed by atoms with van der Waals surface area (Å²) in [5.41, 5.74) is 2.47. The Morgan fingerprint density at radius 1 is 1.07 bits per heavy atom. The summed E-state index contributed by atoms with van der Waals surface area (Å²) in [6.45, 7) is 5.99. The summed E-state index contributed by atoms with van der Waals surface area (Å²) in [6, 6.07) is 13.2. The molecule has 2 aromatic heterocycles. The maximum atomic E-state index is 13.2. The van der Waals surface area contributed by atoms with E-state index in [4.69, 9.17) is 9.72 Å². The Bertz CT molecular complexity index is 1040. The van der Waals surface area contributed by atoms with Crippen LogP contribution in [0.1, 0.15) is 44.0 Å². The van der Waals surface area contributed by atoms with Crippen LogP contribution in [0.2, 0.25) is 0 Å². The number of nitrogens with zero attached hydrogens (tertiary/aromatic N) is 3. The predicted molar refractivity (Wildman–Crippen MR) is 117 cm³/mol. The number of benzene rings is 1. The Balaban J connectivity index is 1.79. The van der Waals surface area contributed by atoms with Crippen LogP contribution in [0, 0.1) is 0 Å². The first-order valence-corrected chi connectivity index (χ1v) is 10.0. The van der Waals surface area contributed by atoms with Crippen molar-refractivity contribution in [3.63, 3.8) is 0 Å². The molecule has 0 saturated heterocycles. The zero-order chi connectivity index (χ0) is 21.7. The predicted octanol–water partition coefficient (Wildman–Crippen LogP) is 4.49. The molecule has 0 bridgehead atoms. The van der Waals surface area contributed by atoms with E-state index in [1.54, 1.807) is 24.3 Å². The molecule has 6 nitrogen and oxygen atoms in total. The average molecular weight is 405 g/mol. The van der Waals surface area contributed by atoms with Gasteiger partial charge in [-0.25, -0.2) is 4.98 Å². The zero-order valence-electron chi connectivity index (χ0n) is 17.9. The van der Waals surface area contributed by atoms with Crippen molar-refractivity contribution in [1.82, 2.24) is 14.9 Å². The highest BCUT2D eigenvalue weighted by Gasteiger charge is 2.19. The fourth-order valence-corrected chi connectivity index (χ4v) is 3.18. The van der Waals surface area contributed by atoms with Crippen molar-refractivity contribution < 1.29 is 14.3 Å².